The van der Waals surface area contributed by atoms with Crippen molar-refractivity contribution in [3.8, 4) is 33.8 Å². The molecule has 3 aromatic rings. The van der Waals surface area contributed by atoms with Crippen LogP contribution in [0.15, 0.2) is 54.6 Å². The SMILES string of the molecule is COc1ccc(-c2ccc(-c3ccc(OC)c(C)c3)c(C)c2)c(CCC(=O)O)c1. The maximum Gasteiger partial charge on any atom is 0.303 e. The van der Waals surface area contributed by atoms with Gasteiger partial charge >= 0.3 is 5.97 Å². The highest BCUT2D eigenvalue weighted by atomic mass is 16.5. The molecule has 0 heterocycles. The number of rotatable bonds is 7. The van der Waals surface area contributed by atoms with E-state index < -0.39 is 5.97 Å². The first-order valence-electron chi connectivity index (χ1n) is 9.57. The van der Waals surface area contributed by atoms with Gasteiger partial charge in [-0.2, -0.15) is 0 Å². The zero-order valence-electron chi connectivity index (χ0n) is 17.3. The molecule has 4 heteroatoms. The van der Waals surface area contributed by atoms with E-state index in [9.17, 15) is 4.79 Å². The molecule has 3 rings (SSSR count). The highest BCUT2D eigenvalue weighted by Crippen LogP contribution is 2.33. The van der Waals surface area contributed by atoms with Gasteiger partial charge in [0, 0.05) is 6.42 Å². The highest BCUT2D eigenvalue weighted by molar-refractivity contribution is 5.76. The van der Waals surface area contributed by atoms with Gasteiger partial charge in [0.1, 0.15) is 11.5 Å². The molecule has 3 aromatic carbocycles. The summed E-state index contributed by atoms with van der Waals surface area (Å²) in [6.07, 6.45) is 0.544. The molecule has 0 aromatic heterocycles. The molecule has 4 nitrogen and oxygen atoms in total. The molecule has 0 aliphatic rings. The van der Waals surface area contributed by atoms with Crippen molar-refractivity contribution in [2.24, 2.45) is 0 Å². The molecule has 0 aliphatic heterocycles. The summed E-state index contributed by atoms with van der Waals surface area (Å²) in [6.45, 7) is 4.14. The number of methoxy groups -OCH3 is 2. The van der Waals surface area contributed by atoms with E-state index in [-0.39, 0.29) is 6.42 Å². The number of carbonyl (C=O) groups is 1. The maximum atomic E-state index is 11.1. The van der Waals surface area contributed by atoms with E-state index in [0.29, 0.717) is 6.42 Å². The van der Waals surface area contributed by atoms with Crippen molar-refractivity contribution in [2.45, 2.75) is 26.7 Å². The lowest BCUT2D eigenvalue weighted by Gasteiger charge is -2.14. The van der Waals surface area contributed by atoms with Gasteiger partial charge < -0.3 is 14.6 Å². The van der Waals surface area contributed by atoms with Gasteiger partial charge in [-0.15, -0.1) is 0 Å². The molecular formula is C25H26O4. The molecule has 0 amide bonds. The Bertz CT molecular complexity index is 1040. The van der Waals surface area contributed by atoms with Crippen molar-refractivity contribution in [3.05, 3.63) is 71.3 Å². The van der Waals surface area contributed by atoms with E-state index in [4.69, 9.17) is 14.6 Å². The average molecular weight is 390 g/mol. The van der Waals surface area contributed by atoms with E-state index in [1.807, 2.05) is 31.2 Å². The van der Waals surface area contributed by atoms with Crippen LogP contribution in [0.4, 0.5) is 0 Å². The van der Waals surface area contributed by atoms with Gasteiger partial charge in [-0.1, -0.05) is 30.3 Å². The van der Waals surface area contributed by atoms with Crippen LogP contribution in [0.25, 0.3) is 22.3 Å². The molecule has 0 spiro atoms. The lowest BCUT2D eigenvalue weighted by Crippen LogP contribution is -2.00. The fourth-order valence-electron chi connectivity index (χ4n) is 3.63. The molecule has 29 heavy (non-hydrogen) atoms. The van der Waals surface area contributed by atoms with Crippen LogP contribution >= 0.6 is 0 Å². The lowest BCUT2D eigenvalue weighted by molar-refractivity contribution is -0.136. The first kappa shape index (κ1) is 20.5. The minimum absolute atomic E-state index is 0.0857. The van der Waals surface area contributed by atoms with Crippen LogP contribution in [0.1, 0.15) is 23.1 Å². The number of aliphatic carboxylic acids is 1. The van der Waals surface area contributed by atoms with Crippen molar-refractivity contribution in [3.63, 3.8) is 0 Å². The van der Waals surface area contributed by atoms with E-state index in [0.717, 1.165) is 44.9 Å². The zero-order chi connectivity index (χ0) is 21.0. The van der Waals surface area contributed by atoms with Crippen LogP contribution in [0, 0.1) is 13.8 Å². The van der Waals surface area contributed by atoms with Gasteiger partial charge in [-0.05, 0) is 83.5 Å². The summed E-state index contributed by atoms with van der Waals surface area (Å²) in [6, 6.07) is 18.4. The second-order valence-corrected chi connectivity index (χ2v) is 7.13. The topological polar surface area (TPSA) is 55.8 Å². The summed E-state index contributed by atoms with van der Waals surface area (Å²) >= 11 is 0. The molecule has 0 atom stereocenters. The molecule has 0 saturated carbocycles. The monoisotopic (exact) mass is 390 g/mol. The summed E-state index contributed by atoms with van der Waals surface area (Å²) < 4.78 is 10.7. The fourth-order valence-corrected chi connectivity index (χ4v) is 3.63. The summed E-state index contributed by atoms with van der Waals surface area (Å²) in [5.41, 5.74) is 7.64. The Hall–Kier alpha value is -3.27. The number of hydrogen-bond donors (Lipinski definition) is 1. The first-order chi connectivity index (χ1) is 13.9. The third-order valence-corrected chi connectivity index (χ3v) is 5.16. The molecule has 0 saturated heterocycles. The summed E-state index contributed by atoms with van der Waals surface area (Å²) in [4.78, 5) is 11.1. The van der Waals surface area contributed by atoms with E-state index in [1.54, 1.807) is 14.2 Å². The zero-order valence-corrected chi connectivity index (χ0v) is 17.3. The minimum atomic E-state index is -0.805. The number of ether oxygens (including phenoxy) is 2. The third-order valence-electron chi connectivity index (χ3n) is 5.16. The first-order valence-corrected chi connectivity index (χ1v) is 9.57. The van der Waals surface area contributed by atoms with Crippen LogP contribution in [0.5, 0.6) is 11.5 Å². The molecule has 0 aliphatic carbocycles. The number of aryl methyl sites for hydroxylation is 3. The summed E-state index contributed by atoms with van der Waals surface area (Å²) in [5, 5.41) is 9.09. The smallest absolute Gasteiger partial charge is 0.303 e. The van der Waals surface area contributed by atoms with Crippen molar-refractivity contribution in [2.75, 3.05) is 14.2 Å². The van der Waals surface area contributed by atoms with Crippen molar-refractivity contribution in [1.82, 2.24) is 0 Å². The van der Waals surface area contributed by atoms with E-state index in [2.05, 4.69) is 37.3 Å². The quantitative estimate of drug-likeness (QED) is 0.564. The van der Waals surface area contributed by atoms with Crippen molar-refractivity contribution >= 4 is 5.97 Å². The van der Waals surface area contributed by atoms with Crippen LogP contribution < -0.4 is 9.47 Å². The Kier molecular flexibility index (Phi) is 6.23. The maximum absolute atomic E-state index is 11.1. The van der Waals surface area contributed by atoms with Crippen LogP contribution in [-0.4, -0.2) is 25.3 Å². The van der Waals surface area contributed by atoms with Gasteiger partial charge in [-0.25, -0.2) is 0 Å². The standard InChI is InChI=1S/C25H26O4/c1-16-13-19(5-9-22(16)18-6-11-24(29-4)17(2)14-18)23-10-8-21(28-3)15-20(23)7-12-25(26)27/h5-6,8-11,13-15H,7,12H2,1-4H3,(H,26,27). The highest BCUT2D eigenvalue weighted by Gasteiger charge is 2.12. The van der Waals surface area contributed by atoms with Gasteiger partial charge in [0.05, 0.1) is 14.2 Å². The summed E-state index contributed by atoms with van der Waals surface area (Å²) in [5.74, 6) is 0.806. The Morgan fingerprint density at radius 3 is 2.10 bits per heavy atom. The predicted octanol–water partition coefficient (Wildman–Crippen LogP) is 5.67. The van der Waals surface area contributed by atoms with E-state index >= 15 is 0 Å². The van der Waals surface area contributed by atoms with Gasteiger partial charge in [0.2, 0.25) is 0 Å². The number of carboxylic acid groups (broad SMARTS) is 1. The number of hydrogen-bond acceptors (Lipinski definition) is 3. The number of benzene rings is 3. The van der Waals surface area contributed by atoms with Gasteiger partial charge in [-0.3, -0.25) is 4.79 Å². The molecule has 0 fully saturated rings. The fraction of sp³-hybridized carbons (Fsp3) is 0.240. The van der Waals surface area contributed by atoms with Crippen LogP contribution in [0.2, 0.25) is 0 Å². The summed E-state index contributed by atoms with van der Waals surface area (Å²) in [7, 11) is 3.30. The van der Waals surface area contributed by atoms with Gasteiger partial charge in [0.25, 0.3) is 0 Å². The molecule has 0 radical (unpaired) electrons. The minimum Gasteiger partial charge on any atom is -0.497 e. The van der Waals surface area contributed by atoms with Crippen molar-refractivity contribution in [1.29, 1.82) is 0 Å². The lowest BCUT2D eigenvalue weighted by atomic mass is 9.92. The predicted molar refractivity (Wildman–Crippen MR) is 116 cm³/mol. The van der Waals surface area contributed by atoms with E-state index in [1.165, 1.54) is 5.56 Å². The third kappa shape index (κ3) is 4.60. The van der Waals surface area contributed by atoms with Crippen LogP contribution in [0.3, 0.4) is 0 Å². The Labute approximate surface area is 171 Å². The Balaban J connectivity index is 2.00. The van der Waals surface area contributed by atoms with Crippen molar-refractivity contribution < 1.29 is 19.4 Å². The normalized spacial score (nSPS) is 10.6. The Morgan fingerprint density at radius 2 is 1.48 bits per heavy atom. The van der Waals surface area contributed by atoms with Crippen LogP contribution in [-0.2, 0) is 11.2 Å². The Morgan fingerprint density at radius 1 is 0.828 bits per heavy atom. The second-order valence-electron chi connectivity index (χ2n) is 7.13. The largest absolute Gasteiger partial charge is 0.497 e. The molecule has 150 valence electrons. The number of carboxylic acids is 1. The molecule has 1 N–H and O–H groups in total. The average Bonchev–Trinajstić information content (AvgIpc) is 2.71. The molecule has 0 bridgehead atoms. The second kappa shape index (κ2) is 8.82. The van der Waals surface area contributed by atoms with Gasteiger partial charge in [0.15, 0.2) is 0 Å². The molecule has 0 unspecified atom stereocenters. The molecular weight excluding hydrogens is 364 g/mol.